The predicted octanol–water partition coefficient (Wildman–Crippen LogP) is 3.25. The van der Waals surface area contributed by atoms with Crippen molar-refractivity contribution in [2.24, 2.45) is 0 Å². The van der Waals surface area contributed by atoms with Gasteiger partial charge in [0.2, 0.25) is 0 Å². The van der Waals surface area contributed by atoms with E-state index in [1.807, 2.05) is 25.1 Å². The van der Waals surface area contributed by atoms with Crippen LogP contribution in [0.1, 0.15) is 37.6 Å². The number of sulfone groups is 1. The second-order valence-corrected chi connectivity index (χ2v) is 9.06. The maximum atomic E-state index is 11.6. The number of aromatic nitrogens is 2. The molecule has 1 aromatic carbocycles. The van der Waals surface area contributed by atoms with Crippen molar-refractivity contribution in [3.63, 3.8) is 0 Å². The van der Waals surface area contributed by atoms with Crippen LogP contribution in [0.25, 0.3) is 0 Å². The molecule has 6 nitrogen and oxygen atoms in total. The minimum atomic E-state index is -2.92. The molecule has 3 rings (SSSR count). The Morgan fingerprint density at radius 3 is 2.40 bits per heavy atom. The maximum absolute atomic E-state index is 11.6. The van der Waals surface area contributed by atoms with Gasteiger partial charge in [-0.1, -0.05) is 26.0 Å². The molecule has 1 aliphatic rings. The molecule has 1 saturated heterocycles. The summed E-state index contributed by atoms with van der Waals surface area (Å²) < 4.78 is 23.2. The van der Waals surface area contributed by atoms with Crippen LogP contribution in [0.3, 0.4) is 0 Å². The molecule has 0 spiro atoms. The standard InChI is InChI=1S/C18H24N4O2S/c1-12(2)14-4-6-15(7-5-14)21-17-10-18(20-13(3)19-17)22-16-8-9-25(23,24)11-16/h4-7,10,12,16H,8-9,11H2,1-3H3,(H2,19,20,21,22). The molecule has 1 unspecified atom stereocenters. The predicted molar refractivity (Wildman–Crippen MR) is 101 cm³/mol. The van der Waals surface area contributed by atoms with Gasteiger partial charge in [-0.05, 0) is 37.0 Å². The SMILES string of the molecule is Cc1nc(Nc2ccc(C(C)C)cc2)cc(NC2CCS(=O)(=O)C2)n1. The van der Waals surface area contributed by atoms with Gasteiger partial charge in [0.05, 0.1) is 11.5 Å². The fourth-order valence-electron chi connectivity index (χ4n) is 2.92. The lowest BCUT2D eigenvalue weighted by molar-refractivity contribution is 0.602. The number of hydrogen-bond acceptors (Lipinski definition) is 6. The summed E-state index contributed by atoms with van der Waals surface area (Å²) in [5.74, 6) is 2.86. The summed E-state index contributed by atoms with van der Waals surface area (Å²) in [5, 5.41) is 6.50. The van der Waals surface area contributed by atoms with E-state index in [-0.39, 0.29) is 17.5 Å². The van der Waals surface area contributed by atoms with Gasteiger partial charge in [-0.15, -0.1) is 0 Å². The average molecular weight is 360 g/mol. The van der Waals surface area contributed by atoms with Gasteiger partial charge in [0.1, 0.15) is 17.5 Å². The van der Waals surface area contributed by atoms with E-state index in [2.05, 4.69) is 46.6 Å². The van der Waals surface area contributed by atoms with Crippen LogP contribution in [-0.4, -0.2) is 35.9 Å². The van der Waals surface area contributed by atoms with E-state index < -0.39 is 9.84 Å². The average Bonchev–Trinajstić information content (AvgIpc) is 2.86. The van der Waals surface area contributed by atoms with Crippen molar-refractivity contribution in [1.82, 2.24) is 9.97 Å². The molecule has 2 N–H and O–H groups in total. The zero-order chi connectivity index (χ0) is 18.0. The molecule has 1 aliphatic heterocycles. The zero-order valence-corrected chi connectivity index (χ0v) is 15.6. The molecule has 134 valence electrons. The van der Waals surface area contributed by atoms with Crippen LogP contribution in [0.5, 0.6) is 0 Å². The van der Waals surface area contributed by atoms with E-state index in [0.29, 0.717) is 29.8 Å². The number of benzene rings is 1. The van der Waals surface area contributed by atoms with Crippen molar-refractivity contribution in [1.29, 1.82) is 0 Å². The van der Waals surface area contributed by atoms with Crippen LogP contribution in [0, 0.1) is 6.92 Å². The third kappa shape index (κ3) is 4.69. The molecule has 0 saturated carbocycles. The highest BCUT2D eigenvalue weighted by molar-refractivity contribution is 7.91. The van der Waals surface area contributed by atoms with E-state index in [0.717, 1.165) is 5.69 Å². The van der Waals surface area contributed by atoms with Crippen molar-refractivity contribution >= 4 is 27.2 Å². The lowest BCUT2D eigenvalue weighted by Gasteiger charge is -2.14. The van der Waals surface area contributed by atoms with Gasteiger partial charge >= 0.3 is 0 Å². The largest absolute Gasteiger partial charge is 0.366 e. The second-order valence-electron chi connectivity index (χ2n) is 6.83. The Bertz CT molecular complexity index is 848. The minimum Gasteiger partial charge on any atom is -0.366 e. The zero-order valence-electron chi connectivity index (χ0n) is 14.8. The second kappa shape index (κ2) is 7.00. The molecule has 7 heteroatoms. The number of nitrogens with one attached hydrogen (secondary N) is 2. The normalized spacial score (nSPS) is 19.1. The minimum absolute atomic E-state index is 0.0857. The van der Waals surface area contributed by atoms with E-state index in [4.69, 9.17) is 0 Å². The summed E-state index contributed by atoms with van der Waals surface area (Å²) in [6.45, 7) is 6.15. The number of rotatable bonds is 5. The Balaban J connectivity index is 1.73. The first-order chi connectivity index (χ1) is 11.8. The van der Waals surface area contributed by atoms with E-state index in [1.165, 1.54) is 5.56 Å². The first-order valence-corrected chi connectivity index (χ1v) is 10.3. The highest BCUT2D eigenvalue weighted by Crippen LogP contribution is 2.22. The van der Waals surface area contributed by atoms with Gasteiger partial charge in [-0.2, -0.15) is 0 Å². The van der Waals surface area contributed by atoms with Gasteiger partial charge in [0, 0.05) is 17.8 Å². The fraction of sp³-hybridized carbons (Fsp3) is 0.444. The quantitative estimate of drug-likeness (QED) is 0.851. The van der Waals surface area contributed by atoms with E-state index in [9.17, 15) is 8.42 Å². The van der Waals surface area contributed by atoms with Gasteiger partial charge in [-0.3, -0.25) is 0 Å². The third-order valence-corrected chi connectivity index (χ3v) is 6.04. The molecule has 0 bridgehead atoms. The van der Waals surface area contributed by atoms with Crippen LogP contribution in [0.15, 0.2) is 30.3 Å². The van der Waals surface area contributed by atoms with E-state index in [1.54, 1.807) is 0 Å². The Hall–Kier alpha value is -2.15. The lowest BCUT2D eigenvalue weighted by Crippen LogP contribution is -2.21. The molecule has 0 aliphatic carbocycles. The summed E-state index contributed by atoms with van der Waals surface area (Å²) in [5.41, 5.74) is 2.24. The third-order valence-electron chi connectivity index (χ3n) is 4.27. The van der Waals surface area contributed by atoms with Crippen LogP contribution in [0.2, 0.25) is 0 Å². The first kappa shape index (κ1) is 17.7. The molecule has 1 atom stereocenters. The van der Waals surface area contributed by atoms with Crippen LogP contribution < -0.4 is 10.6 Å². The summed E-state index contributed by atoms with van der Waals surface area (Å²) in [4.78, 5) is 8.78. The monoisotopic (exact) mass is 360 g/mol. The number of hydrogen-bond donors (Lipinski definition) is 2. The first-order valence-electron chi connectivity index (χ1n) is 8.50. The molecular formula is C18H24N4O2S. The number of anilines is 3. The summed E-state index contributed by atoms with van der Waals surface area (Å²) in [6.07, 6.45) is 0.616. The molecule has 2 heterocycles. The van der Waals surface area contributed by atoms with Crippen LogP contribution >= 0.6 is 0 Å². The van der Waals surface area contributed by atoms with Gasteiger partial charge in [-0.25, -0.2) is 18.4 Å². The van der Waals surface area contributed by atoms with Crippen LogP contribution in [0.4, 0.5) is 17.3 Å². The summed E-state index contributed by atoms with van der Waals surface area (Å²) >= 11 is 0. The molecule has 25 heavy (non-hydrogen) atoms. The number of aryl methyl sites for hydroxylation is 1. The Morgan fingerprint density at radius 2 is 1.80 bits per heavy atom. The van der Waals surface area contributed by atoms with E-state index >= 15 is 0 Å². The molecular weight excluding hydrogens is 336 g/mol. The maximum Gasteiger partial charge on any atom is 0.152 e. The fourth-order valence-corrected chi connectivity index (χ4v) is 4.60. The van der Waals surface area contributed by atoms with Gasteiger partial charge in [0.15, 0.2) is 9.84 Å². The molecule has 0 radical (unpaired) electrons. The van der Waals surface area contributed by atoms with Gasteiger partial charge in [0.25, 0.3) is 0 Å². The molecule has 2 aromatic rings. The van der Waals surface area contributed by atoms with Crippen LogP contribution in [-0.2, 0) is 9.84 Å². The summed E-state index contributed by atoms with van der Waals surface area (Å²) in [7, 11) is -2.92. The Morgan fingerprint density at radius 1 is 1.12 bits per heavy atom. The Kier molecular flexibility index (Phi) is 4.94. The van der Waals surface area contributed by atoms with Gasteiger partial charge < -0.3 is 10.6 Å². The molecule has 0 amide bonds. The highest BCUT2D eigenvalue weighted by Gasteiger charge is 2.28. The lowest BCUT2D eigenvalue weighted by atomic mass is 10.0. The smallest absolute Gasteiger partial charge is 0.152 e. The van der Waals surface area contributed by atoms with Crippen molar-refractivity contribution < 1.29 is 8.42 Å². The topological polar surface area (TPSA) is 84.0 Å². The Labute approximate surface area is 149 Å². The number of nitrogens with zero attached hydrogens (tertiary/aromatic N) is 2. The van der Waals surface area contributed by atoms with Crippen molar-refractivity contribution in [3.8, 4) is 0 Å². The summed E-state index contributed by atoms with van der Waals surface area (Å²) in [6, 6.07) is 9.99. The molecule has 1 aromatic heterocycles. The van der Waals surface area contributed by atoms with Crippen molar-refractivity contribution in [3.05, 3.63) is 41.7 Å². The van der Waals surface area contributed by atoms with Crippen molar-refractivity contribution in [2.45, 2.75) is 39.2 Å². The van der Waals surface area contributed by atoms with Crippen molar-refractivity contribution in [2.75, 3.05) is 22.1 Å². The molecule has 1 fully saturated rings. The highest BCUT2D eigenvalue weighted by atomic mass is 32.2.